The fourth-order valence-corrected chi connectivity index (χ4v) is 3.62. The van der Waals surface area contributed by atoms with Crippen LogP contribution in [-0.2, 0) is 16.0 Å². The van der Waals surface area contributed by atoms with E-state index in [1.807, 2.05) is 20.8 Å². The number of nitrogens with zero attached hydrogens (tertiary/aromatic N) is 1. The molecule has 0 aliphatic carbocycles. The van der Waals surface area contributed by atoms with Crippen LogP contribution in [0.3, 0.4) is 0 Å². The van der Waals surface area contributed by atoms with Crippen LogP contribution in [0.1, 0.15) is 35.4 Å². The van der Waals surface area contributed by atoms with Crippen LogP contribution in [0, 0.1) is 26.7 Å². The number of benzene rings is 1. The Hall–Kier alpha value is -2.21. The summed E-state index contributed by atoms with van der Waals surface area (Å²) in [4.78, 5) is 28.3. The molecule has 0 radical (unpaired) electrons. The summed E-state index contributed by atoms with van der Waals surface area (Å²) in [6, 6.07) is 4.11. The van der Waals surface area contributed by atoms with Crippen LogP contribution in [0.4, 0.5) is 5.13 Å². The smallest absolute Gasteiger partial charge is 0.308 e. The second kappa shape index (κ2) is 7.13. The molecule has 6 heteroatoms. The maximum Gasteiger partial charge on any atom is 0.308 e. The van der Waals surface area contributed by atoms with Crippen LogP contribution in [0.25, 0.3) is 11.3 Å². The number of aliphatic carboxylic acids is 1. The van der Waals surface area contributed by atoms with Gasteiger partial charge in [0.05, 0.1) is 12.1 Å². The molecule has 0 spiro atoms. The third-order valence-corrected chi connectivity index (χ3v) is 4.65. The van der Waals surface area contributed by atoms with Gasteiger partial charge in [-0.15, -0.1) is 11.3 Å². The van der Waals surface area contributed by atoms with E-state index in [0.717, 1.165) is 22.3 Å². The van der Waals surface area contributed by atoms with Crippen LogP contribution < -0.4 is 5.32 Å². The summed E-state index contributed by atoms with van der Waals surface area (Å²) < 4.78 is 0. The quantitative estimate of drug-likeness (QED) is 0.859. The molecule has 0 saturated carbocycles. The van der Waals surface area contributed by atoms with Gasteiger partial charge in [-0.3, -0.25) is 9.59 Å². The SMILES string of the molecule is Cc1cc(C)c(-c2nc(NC(=O)C(C)C)sc2CC(=O)O)c(C)c1. The van der Waals surface area contributed by atoms with E-state index in [-0.39, 0.29) is 18.2 Å². The fraction of sp³-hybridized carbons (Fsp3) is 0.389. The van der Waals surface area contributed by atoms with Crippen LogP contribution in [0.15, 0.2) is 12.1 Å². The zero-order valence-corrected chi connectivity index (χ0v) is 15.4. The van der Waals surface area contributed by atoms with Crippen molar-refractivity contribution in [3.05, 3.63) is 33.7 Å². The van der Waals surface area contributed by atoms with Gasteiger partial charge in [-0.1, -0.05) is 31.5 Å². The van der Waals surface area contributed by atoms with E-state index in [0.29, 0.717) is 15.7 Å². The number of hydrogen-bond acceptors (Lipinski definition) is 4. The standard InChI is InChI=1S/C18H22N2O3S/c1-9(2)17(23)20-18-19-16(13(24-18)8-14(21)22)15-11(4)6-10(3)7-12(15)5/h6-7,9H,8H2,1-5H3,(H,21,22)(H,19,20,23). The highest BCUT2D eigenvalue weighted by atomic mass is 32.1. The highest BCUT2D eigenvalue weighted by Crippen LogP contribution is 2.36. The van der Waals surface area contributed by atoms with Crippen molar-refractivity contribution in [2.45, 2.75) is 41.0 Å². The summed E-state index contributed by atoms with van der Waals surface area (Å²) in [6.07, 6.45) is -0.114. The summed E-state index contributed by atoms with van der Waals surface area (Å²) in [7, 11) is 0. The number of hydrogen-bond donors (Lipinski definition) is 2. The van der Waals surface area contributed by atoms with Gasteiger partial charge < -0.3 is 10.4 Å². The average Bonchev–Trinajstić information content (AvgIpc) is 2.79. The number of carbonyl (C=O) groups is 2. The number of amides is 1. The molecule has 0 saturated heterocycles. The van der Waals surface area contributed by atoms with Crippen molar-refractivity contribution >= 4 is 28.3 Å². The Bertz CT molecular complexity index is 771. The van der Waals surface area contributed by atoms with Crippen LogP contribution in [-0.4, -0.2) is 22.0 Å². The molecule has 5 nitrogen and oxygen atoms in total. The lowest BCUT2D eigenvalue weighted by molar-refractivity contribution is -0.136. The van der Waals surface area contributed by atoms with Gasteiger partial charge in [-0.25, -0.2) is 4.98 Å². The molecule has 128 valence electrons. The number of carboxylic acid groups (broad SMARTS) is 1. The first-order chi connectivity index (χ1) is 11.2. The minimum Gasteiger partial charge on any atom is -0.481 e. The maximum atomic E-state index is 11.9. The summed E-state index contributed by atoms with van der Waals surface area (Å²) in [5.74, 6) is -1.21. The van der Waals surface area contributed by atoms with Gasteiger partial charge in [-0.2, -0.15) is 0 Å². The number of thiazole rings is 1. The lowest BCUT2D eigenvalue weighted by atomic mass is 9.96. The second-order valence-corrected chi connectivity index (χ2v) is 7.36. The topological polar surface area (TPSA) is 79.3 Å². The molecule has 0 unspecified atom stereocenters. The number of carbonyl (C=O) groups excluding carboxylic acids is 1. The number of carboxylic acids is 1. The van der Waals surface area contributed by atoms with Gasteiger partial charge >= 0.3 is 5.97 Å². The molecule has 0 atom stereocenters. The molecule has 0 aliphatic rings. The first-order valence-electron chi connectivity index (χ1n) is 7.79. The van der Waals surface area contributed by atoms with Crippen molar-refractivity contribution in [1.82, 2.24) is 4.98 Å². The molecule has 2 aromatic rings. The van der Waals surface area contributed by atoms with Crippen molar-refractivity contribution in [3.63, 3.8) is 0 Å². The number of anilines is 1. The molecule has 2 rings (SSSR count). The third-order valence-electron chi connectivity index (χ3n) is 3.68. The predicted molar refractivity (Wildman–Crippen MR) is 96.6 cm³/mol. The van der Waals surface area contributed by atoms with Gasteiger partial charge in [0, 0.05) is 16.4 Å². The van der Waals surface area contributed by atoms with E-state index >= 15 is 0 Å². The Morgan fingerprint density at radius 1 is 1.21 bits per heavy atom. The molecule has 1 aromatic heterocycles. The lowest BCUT2D eigenvalue weighted by Gasteiger charge is -2.10. The van der Waals surface area contributed by atoms with Gasteiger partial charge in [0.15, 0.2) is 5.13 Å². The molecule has 2 N–H and O–H groups in total. The molecule has 0 fully saturated rings. The monoisotopic (exact) mass is 346 g/mol. The molecule has 24 heavy (non-hydrogen) atoms. The van der Waals surface area contributed by atoms with Crippen molar-refractivity contribution < 1.29 is 14.7 Å². The minimum absolute atomic E-state index is 0.114. The fourth-order valence-electron chi connectivity index (χ4n) is 2.66. The van der Waals surface area contributed by atoms with Crippen molar-refractivity contribution in [3.8, 4) is 11.3 Å². The Morgan fingerprint density at radius 2 is 1.79 bits per heavy atom. The molecule has 1 aromatic carbocycles. The Balaban J connectivity index is 2.54. The zero-order chi connectivity index (χ0) is 18.0. The zero-order valence-electron chi connectivity index (χ0n) is 14.6. The molecular formula is C18H22N2O3S. The third kappa shape index (κ3) is 4.00. The van der Waals surface area contributed by atoms with Crippen LogP contribution in [0.5, 0.6) is 0 Å². The molecule has 1 heterocycles. The van der Waals surface area contributed by atoms with Gasteiger partial charge in [-0.05, 0) is 31.9 Å². The van der Waals surface area contributed by atoms with Crippen LogP contribution in [0.2, 0.25) is 0 Å². The average molecular weight is 346 g/mol. The molecule has 1 amide bonds. The van der Waals surface area contributed by atoms with E-state index in [1.165, 1.54) is 11.3 Å². The minimum atomic E-state index is -0.913. The molecular weight excluding hydrogens is 324 g/mol. The van der Waals surface area contributed by atoms with E-state index in [4.69, 9.17) is 0 Å². The van der Waals surface area contributed by atoms with E-state index in [1.54, 1.807) is 13.8 Å². The van der Waals surface area contributed by atoms with Crippen molar-refractivity contribution in [2.75, 3.05) is 5.32 Å². The van der Waals surface area contributed by atoms with E-state index in [9.17, 15) is 14.7 Å². The lowest BCUT2D eigenvalue weighted by Crippen LogP contribution is -2.17. The predicted octanol–water partition coefficient (Wildman–Crippen LogP) is 3.96. The normalized spacial score (nSPS) is 10.9. The van der Waals surface area contributed by atoms with Gasteiger partial charge in [0.1, 0.15) is 0 Å². The Morgan fingerprint density at radius 3 is 2.29 bits per heavy atom. The summed E-state index contributed by atoms with van der Waals surface area (Å²) >= 11 is 1.23. The van der Waals surface area contributed by atoms with Crippen LogP contribution >= 0.6 is 11.3 Å². The summed E-state index contributed by atoms with van der Waals surface area (Å²) in [6.45, 7) is 9.61. The summed E-state index contributed by atoms with van der Waals surface area (Å²) in [5, 5.41) is 12.4. The number of aryl methyl sites for hydroxylation is 3. The van der Waals surface area contributed by atoms with Crippen molar-refractivity contribution in [2.24, 2.45) is 5.92 Å². The Kier molecular flexibility index (Phi) is 5.39. The van der Waals surface area contributed by atoms with E-state index < -0.39 is 5.97 Å². The van der Waals surface area contributed by atoms with E-state index in [2.05, 4.69) is 22.4 Å². The molecule has 0 bridgehead atoms. The largest absolute Gasteiger partial charge is 0.481 e. The highest BCUT2D eigenvalue weighted by molar-refractivity contribution is 7.16. The number of rotatable bonds is 5. The Labute approximate surface area is 145 Å². The second-order valence-electron chi connectivity index (χ2n) is 6.28. The number of nitrogens with one attached hydrogen (secondary N) is 1. The first kappa shape index (κ1) is 18.1. The first-order valence-corrected chi connectivity index (χ1v) is 8.61. The van der Waals surface area contributed by atoms with Crippen molar-refractivity contribution in [1.29, 1.82) is 0 Å². The van der Waals surface area contributed by atoms with Gasteiger partial charge in [0.25, 0.3) is 0 Å². The maximum absolute atomic E-state index is 11.9. The molecule has 0 aliphatic heterocycles. The highest BCUT2D eigenvalue weighted by Gasteiger charge is 2.20. The number of aromatic nitrogens is 1. The summed E-state index contributed by atoms with van der Waals surface area (Å²) in [5.41, 5.74) is 4.84. The van der Waals surface area contributed by atoms with Gasteiger partial charge in [0.2, 0.25) is 5.91 Å².